The van der Waals surface area contributed by atoms with Gasteiger partial charge in [0.1, 0.15) is 0 Å². The monoisotopic (exact) mass is 244 g/mol. The Balaban J connectivity index is 3.07. The summed E-state index contributed by atoms with van der Waals surface area (Å²) in [6, 6.07) is 5.99. The van der Waals surface area contributed by atoms with Crippen molar-refractivity contribution in [3.8, 4) is 0 Å². The first-order valence-electron chi connectivity index (χ1n) is 5.49. The maximum Gasteiger partial charge on any atom is 0.0595 e. The minimum atomic E-state index is 0.225. The Bertz CT molecular complexity index is 333. The Morgan fingerprint density at radius 3 is 2.27 bits per heavy atom. The van der Waals surface area contributed by atoms with Crippen molar-refractivity contribution in [1.29, 1.82) is 0 Å². The first-order chi connectivity index (χ1) is 7.03. The molecular weight excluding hydrogens is 227 g/mol. The van der Waals surface area contributed by atoms with E-state index in [0.29, 0.717) is 10.0 Å². The molecule has 1 aromatic rings. The number of benzene rings is 1. The van der Waals surface area contributed by atoms with E-state index < -0.39 is 0 Å². The van der Waals surface area contributed by atoms with Crippen molar-refractivity contribution >= 4 is 23.2 Å². The fourth-order valence-corrected chi connectivity index (χ4v) is 2.25. The largest absolute Gasteiger partial charge is 0.0827 e. The lowest BCUT2D eigenvalue weighted by Gasteiger charge is -2.28. The second-order valence-corrected chi connectivity index (χ2v) is 5.11. The molecule has 1 rings (SSSR count). The van der Waals surface area contributed by atoms with E-state index in [1.807, 2.05) is 12.1 Å². The van der Waals surface area contributed by atoms with Crippen molar-refractivity contribution in [3.05, 3.63) is 33.8 Å². The third-order valence-corrected chi connectivity index (χ3v) is 3.94. The summed E-state index contributed by atoms with van der Waals surface area (Å²) in [5.74, 6) is 0. The quantitative estimate of drug-likeness (QED) is 0.660. The average molecular weight is 245 g/mol. The molecule has 0 aromatic heterocycles. The highest BCUT2D eigenvalue weighted by Crippen LogP contribution is 2.35. The third-order valence-electron chi connectivity index (χ3n) is 3.20. The van der Waals surface area contributed by atoms with Gasteiger partial charge in [-0.2, -0.15) is 0 Å². The maximum absolute atomic E-state index is 6.05. The molecule has 0 aliphatic carbocycles. The van der Waals surface area contributed by atoms with E-state index in [-0.39, 0.29) is 5.41 Å². The predicted molar refractivity (Wildman–Crippen MR) is 69.0 cm³/mol. The minimum Gasteiger partial charge on any atom is -0.0827 e. The van der Waals surface area contributed by atoms with Crippen molar-refractivity contribution in [1.82, 2.24) is 0 Å². The zero-order chi connectivity index (χ0) is 11.5. The molecule has 0 bridgehead atoms. The standard InChI is InChI=1S/C13H18Cl2/c1-4-8-13(3,5-2)10-6-7-11(14)12(15)9-10/h6-7,9H,4-5,8H2,1-3H3. The number of halogens is 2. The van der Waals surface area contributed by atoms with Crippen LogP contribution in [0.25, 0.3) is 0 Å². The van der Waals surface area contributed by atoms with Crippen LogP contribution in [0, 0.1) is 0 Å². The Morgan fingerprint density at radius 2 is 1.80 bits per heavy atom. The molecule has 84 valence electrons. The SMILES string of the molecule is CCCC(C)(CC)c1ccc(Cl)c(Cl)c1. The van der Waals surface area contributed by atoms with Gasteiger partial charge in [-0.05, 0) is 36.0 Å². The molecule has 0 radical (unpaired) electrons. The molecule has 0 nitrogen and oxygen atoms in total. The van der Waals surface area contributed by atoms with Crippen LogP contribution in [-0.2, 0) is 5.41 Å². The molecule has 1 atom stereocenters. The maximum atomic E-state index is 6.05. The normalized spacial score (nSPS) is 15.0. The van der Waals surface area contributed by atoms with Gasteiger partial charge in [0, 0.05) is 0 Å². The van der Waals surface area contributed by atoms with Crippen molar-refractivity contribution in [2.45, 2.75) is 45.4 Å². The lowest BCUT2D eigenvalue weighted by Crippen LogP contribution is -2.20. The van der Waals surface area contributed by atoms with E-state index in [9.17, 15) is 0 Å². The molecule has 0 N–H and O–H groups in total. The van der Waals surface area contributed by atoms with E-state index in [1.165, 1.54) is 18.4 Å². The van der Waals surface area contributed by atoms with Crippen LogP contribution in [0.2, 0.25) is 10.0 Å². The molecule has 0 aliphatic heterocycles. The Kier molecular flexibility index (Phi) is 4.48. The zero-order valence-electron chi connectivity index (χ0n) is 9.61. The Labute approximate surface area is 103 Å². The van der Waals surface area contributed by atoms with E-state index in [0.717, 1.165) is 6.42 Å². The summed E-state index contributed by atoms with van der Waals surface area (Å²) in [5, 5.41) is 1.29. The minimum absolute atomic E-state index is 0.225. The highest BCUT2D eigenvalue weighted by atomic mass is 35.5. The smallest absolute Gasteiger partial charge is 0.0595 e. The van der Waals surface area contributed by atoms with Crippen LogP contribution in [0.15, 0.2) is 18.2 Å². The van der Waals surface area contributed by atoms with Crippen molar-refractivity contribution in [2.75, 3.05) is 0 Å². The number of hydrogen-bond acceptors (Lipinski definition) is 0. The molecule has 2 heteroatoms. The van der Waals surface area contributed by atoms with Crippen molar-refractivity contribution in [2.24, 2.45) is 0 Å². The summed E-state index contributed by atoms with van der Waals surface area (Å²) >= 11 is 12.0. The summed E-state index contributed by atoms with van der Waals surface area (Å²) in [4.78, 5) is 0. The van der Waals surface area contributed by atoms with Gasteiger partial charge in [-0.15, -0.1) is 0 Å². The fraction of sp³-hybridized carbons (Fsp3) is 0.538. The first kappa shape index (κ1) is 12.9. The summed E-state index contributed by atoms with van der Waals surface area (Å²) in [7, 11) is 0. The van der Waals surface area contributed by atoms with Gasteiger partial charge in [0.25, 0.3) is 0 Å². The van der Waals surface area contributed by atoms with Crippen LogP contribution in [-0.4, -0.2) is 0 Å². The van der Waals surface area contributed by atoms with E-state index >= 15 is 0 Å². The molecule has 15 heavy (non-hydrogen) atoms. The molecule has 0 saturated carbocycles. The second-order valence-electron chi connectivity index (χ2n) is 4.29. The van der Waals surface area contributed by atoms with Crippen molar-refractivity contribution in [3.63, 3.8) is 0 Å². The molecular formula is C13H18Cl2. The van der Waals surface area contributed by atoms with Gasteiger partial charge >= 0.3 is 0 Å². The van der Waals surface area contributed by atoms with Gasteiger partial charge in [-0.3, -0.25) is 0 Å². The summed E-state index contributed by atoms with van der Waals surface area (Å²) in [6.07, 6.45) is 3.49. The van der Waals surface area contributed by atoms with Crippen molar-refractivity contribution < 1.29 is 0 Å². The molecule has 0 heterocycles. The van der Waals surface area contributed by atoms with Gasteiger partial charge < -0.3 is 0 Å². The van der Waals surface area contributed by atoms with Gasteiger partial charge in [0.2, 0.25) is 0 Å². The van der Waals surface area contributed by atoms with E-state index in [1.54, 1.807) is 0 Å². The van der Waals surface area contributed by atoms with Crippen LogP contribution in [0.3, 0.4) is 0 Å². The molecule has 0 spiro atoms. The molecule has 0 fully saturated rings. The highest BCUT2D eigenvalue weighted by molar-refractivity contribution is 6.42. The predicted octanol–water partition coefficient (Wildman–Crippen LogP) is 5.46. The Hall–Kier alpha value is -0.200. The second kappa shape index (κ2) is 5.23. The average Bonchev–Trinajstić information content (AvgIpc) is 2.22. The lowest BCUT2D eigenvalue weighted by molar-refractivity contribution is 0.414. The van der Waals surface area contributed by atoms with Gasteiger partial charge in [0.05, 0.1) is 10.0 Å². The van der Waals surface area contributed by atoms with Crippen LogP contribution in [0.5, 0.6) is 0 Å². The molecule has 0 saturated heterocycles. The molecule has 1 aromatic carbocycles. The van der Waals surface area contributed by atoms with Gasteiger partial charge in [-0.1, -0.05) is 56.5 Å². The topological polar surface area (TPSA) is 0 Å². The molecule has 0 amide bonds. The fourth-order valence-electron chi connectivity index (χ4n) is 1.95. The van der Waals surface area contributed by atoms with Crippen LogP contribution in [0.4, 0.5) is 0 Å². The molecule has 0 aliphatic rings. The van der Waals surface area contributed by atoms with E-state index in [4.69, 9.17) is 23.2 Å². The lowest BCUT2D eigenvalue weighted by atomic mass is 9.76. The zero-order valence-corrected chi connectivity index (χ0v) is 11.1. The van der Waals surface area contributed by atoms with Crippen LogP contribution in [0.1, 0.15) is 45.6 Å². The number of rotatable bonds is 4. The van der Waals surface area contributed by atoms with Gasteiger partial charge in [-0.25, -0.2) is 0 Å². The van der Waals surface area contributed by atoms with Crippen LogP contribution < -0.4 is 0 Å². The highest BCUT2D eigenvalue weighted by Gasteiger charge is 2.23. The Morgan fingerprint density at radius 1 is 1.13 bits per heavy atom. The molecule has 1 unspecified atom stereocenters. The van der Waals surface area contributed by atoms with E-state index in [2.05, 4.69) is 26.8 Å². The third kappa shape index (κ3) is 2.89. The van der Waals surface area contributed by atoms with Gasteiger partial charge in [0.15, 0.2) is 0 Å². The summed E-state index contributed by atoms with van der Waals surface area (Å²) in [6.45, 7) is 6.72. The summed E-state index contributed by atoms with van der Waals surface area (Å²) < 4.78 is 0. The summed E-state index contributed by atoms with van der Waals surface area (Å²) in [5.41, 5.74) is 1.52. The van der Waals surface area contributed by atoms with Crippen LogP contribution >= 0.6 is 23.2 Å². The first-order valence-corrected chi connectivity index (χ1v) is 6.24. The number of hydrogen-bond donors (Lipinski definition) is 0.